The van der Waals surface area contributed by atoms with Crippen LogP contribution in [0.5, 0.6) is 11.5 Å². The van der Waals surface area contributed by atoms with Crippen molar-refractivity contribution in [3.05, 3.63) is 23.8 Å². The number of hydrogen-bond acceptors (Lipinski definition) is 5. The molecule has 1 aromatic carbocycles. The van der Waals surface area contributed by atoms with Gasteiger partial charge < -0.3 is 19.5 Å². The Morgan fingerprint density at radius 1 is 1.33 bits per heavy atom. The summed E-state index contributed by atoms with van der Waals surface area (Å²) in [6.07, 6.45) is 1.43. The number of nitrogens with one attached hydrogen (secondary N) is 1. The summed E-state index contributed by atoms with van der Waals surface area (Å²) in [7, 11) is 0. The number of hydrogen-bond donors (Lipinski definition) is 1. The molecule has 1 aliphatic heterocycles. The molecule has 5 heteroatoms. The number of ether oxygens (including phenoxy) is 3. The highest BCUT2D eigenvalue weighted by atomic mass is 16.7. The van der Waals surface area contributed by atoms with Gasteiger partial charge >= 0.3 is 5.97 Å². The zero-order chi connectivity index (χ0) is 15.3. The van der Waals surface area contributed by atoms with Crippen molar-refractivity contribution in [1.29, 1.82) is 0 Å². The van der Waals surface area contributed by atoms with Crippen LogP contribution in [0, 0.1) is 0 Å². The third-order valence-electron chi connectivity index (χ3n) is 3.64. The van der Waals surface area contributed by atoms with Crippen molar-refractivity contribution in [2.24, 2.45) is 0 Å². The number of rotatable bonds is 7. The van der Waals surface area contributed by atoms with Gasteiger partial charge in [0.05, 0.1) is 6.61 Å². The third-order valence-corrected chi connectivity index (χ3v) is 3.64. The van der Waals surface area contributed by atoms with Crippen LogP contribution in [0.2, 0.25) is 0 Å². The second-order valence-corrected chi connectivity index (χ2v) is 5.27. The molecule has 0 fully saturated rings. The standard InChI is InChI=1S/C16H23NO4/c1-4-17-16(3,15(18)19-5-2)9-8-12-6-7-13-14(10-12)21-11-20-13/h6-7,10,17H,4-5,8-9,11H2,1-3H3. The van der Waals surface area contributed by atoms with Gasteiger partial charge in [-0.05, 0) is 50.9 Å². The van der Waals surface area contributed by atoms with E-state index < -0.39 is 5.54 Å². The molecule has 1 unspecified atom stereocenters. The van der Waals surface area contributed by atoms with E-state index in [9.17, 15) is 4.79 Å². The van der Waals surface area contributed by atoms with E-state index in [1.165, 1.54) is 0 Å². The predicted octanol–water partition coefficient (Wildman–Crippen LogP) is 2.28. The van der Waals surface area contributed by atoms with Crippen LogP contribution in [0.3, 0.4) is 0 Å². The highest BCUT2D eigenvalue weighted by Gasteiger charge is 2.33. The van der Waals surface area contributed by atoms with E-state index >= 15 is 0 Å². The molecule has 5 nitrogen and oxygen atoms in total. The summed E-state index contributed by atoms with van der Waals surface area (Å²) in [6.45, 7) is 7.08. The topological polar surface area (TPSA) is 56.8 Å². The van der Waals surface area contributed by atoms with E-state index in [1.807, 2.05) is 39.0 Å². The fraction of sp³-hybridized carbons (Fsp3) is 0.562. The third kappa shape index (κ3) is 3.67. The molecule has 0 saturated heterocycles. The van der Waals surface area contributed by atoms with Gasteiger partial charge in [-0.1, -0.05) is 13.0 Å². The van der Waals surface area contributed by atoms with Crippen LogP contribution in [-0.2, 0) is 16.0 Å². The highest BCUT2D eigenvalue weighted by molar-refractivity contribution is 5.80. The van der Waals surface area contributed by atoms with Crippen LogP contribution in [0.15, 0.2) is 18.2 Å². The lowest BCUT2D eigenvalue weighted by Crippen LogP contribution is -2.50. The van der Waals surface area contributed by atoms with Gasteiger partial charge in [0.15, 0.2) is 11.5 Å². The summed E-state index contributed by atoms with van der Waals surface area (Å²) < 4.78 is 15.8. The molecule has 0 bridgehead atoms. The largest absolute Gasteiger partial charge is 0.465 e. The van der Waals surface area contributed by atoms with Crippen LogP contribution >= 0.6 is 0 Å². The molecular weight excluding hydrogens is 270 g/mol. The summed E-state index contributed by atoms with van der Waals surface area (Å²) in [5.74, 6) is 1.35. The van der Waals surface area contributed by atoms with Gasteiger partial charge in [0.1, 0.15) is 5.54 Å². The molecule has 0 saturated carbocycles. The van der Waals surface area contributed by atoms with Crippen molar-refractivity contribution in [3.63, 3.8) is 0 Å². The zero-order valence-electron chi connectivity index (χ0n) is 12.9. The van der Waals surface area contributed by atoms with Crippen LogP contribution in [-0.4, -0.2) is 31.5 Å². The van der Waals surface area contributed by atoms with Crippen LogP contribution in [0.25, 0.3) is 0 Å². The molecule has 1 aromatic rings. The van der Waals surface area contributed by atoms with Crippen LogP contribution in [0.4, 0.5) is 0 Å². The summed E-state index contributed by atoms with van der Waals surface area (Å²) in [6, 6.07) is 5.89. The van der Waals surface area contributed by atoms with Gasteiger partial charge in [-0.3, -0.25) is 4.79 Å². The van der Waals surface area contributed by atoms with Gasteiger partial charge in [-0.15, -0.1) is 0 Å². The summed E-state index contributed by atoms with van der Waals surface area (Å²) in [5.41, 5.74) is 0.453. The minimum atomic E-state index is -0.666. The van der Waals surface area contributed by atoms with Gasteiger partial charge in [0.2, 0.25) is 6.79 Å². The van der Waals surface area contributed by atoms with E-state index in [1.54, 1.807) is 0 Å². The maximum absolute atomic E-state index is 12.1. The van der Waals surface area contributed by atoms with E-state index in [-0.39, 0.29) is 12.8 Å². The number of likely N-dealkylation sites (N-methyl/N-ethyl adjacent to an activating group) is 1. The van der Waals surface area contributed by atoms with Gasteiger partial charge in [0.25, 0.3) is 0 Å². The number of fused-ring (bicyclic) bond motifs is 1. The van der Waals surface area contributed by atoms with Crippen molar-refractivity contribution in [1.82, 2.24) is 5.32 Å². The average molecular weight is 293 g/mol. The molecule has 21 heavy (non-hydrogen) atoms. The molecule has 0 aliphatic carbocycles. The fourth-order valence-electron chi connectivity index (χ4n) is 2.43. The van der Waals surface area contributed by atoms with Gasteiger partial charge in [-0.25, -0.2) is 0 Å². The summed E-state index contributed by atoms with van der Waals surface area (Å²) in [4.78, 5) is 12.1. The minimum Gasteiger partial charge on any atom is -0.465 e. The first-order chi connectivity index (χ1) is 10.1. The van der Waals surface area contributed by atoms with E-state index in [0.29, 0.717) is 13.0 Å². The molecule has 1 N–H and O–H groups in total. The van der Waals surface area contributed by atoms with Crippen molar-refractivity contribution in [2.75, 3.05) is 19.9 Å². The highest BCUT2D eigenvalue weighted by Crippen LogP contribution is 2.33. The summed E-state index contributed by atoms with van der Waals surface area (Å²) >= 11 is 0. The number of benzene rings is 1. The molecule has 1 aliphatic rings. The number of carbonyl (C=O) groups excluding carboxylic acids is 1. The van der Waals surface area contributed by atoms with Crippen LogP contribution in [0.1, 0.15) is 32.8 Å². The Bertz CT molecular complexity index is 503. The van der Waals surface area contributed by atoms with Gasteiger partial charge in [-0.2, -0.15) is 0 Å². The van der Waals surface area contributed by atoms with Crippen LogP contribution < -0.4 is 14.8 Å². The first kappa shape index (κ1) is 15.6. The maximum Gasteiger partial charge on any atom is 0.326 e. The Kier molecular flexibility index (Phi) is 5.07. The van der Waals surface area contributed by atoms with Crippen molar-refractivity contribution < 1.29 is 19.0 Å². The molecular formula is C16H23NO4. The maximum atomic E-state index is 12.1. The fourth-order valence-corrected chi connectivity index (χ4v) is 2.43. The zero-order valence-corrected chi connectivity index (χ0v) is 12.9. The second kappa shape index (κ2) is 6.80. The lowest BCUT2D eigenvalue weighted by molar-refractivity contribution is -0.150. The molecule has 1 heterocycles. The minimum absolute atomic E-state index is 0.201. The second-order valence-electron chi connectivity index (χ2n) is 5.27. The first-order valence-electron chi connectivity index (χ1n) is 7.40. The van der Waals surface area contributed by atoms with E-state index in [0.717, 1.165) is 30.0 Å². The Morgan fingerprint density at radius 2 is 2.10 bits per heavy atom. The van der Waals surface area contributed by atoms with E-state index in [2.05, 4.69) is 5.32 Å². The Hall–Kier alpha value is -1.75. The van der Waals surface area contributed by atoms with Crippen molar-refractivity contribution >= 4 is 5.97 Å². The summed E-state index contributed by atoms with van der Waals surface area (Å²) in [5, 5.41) is 3.24. The number of carbonyl (C=O) groups is 1. The molecule has 0 radical (unpaired) electrons. The van der Waals surface area contributed by atoms with Crippen molar-refractivity contribution in [3.8, 4) is 11.5 Å². The lowest BCUT2D eigenvalue weighted by atomic mass is 9.93. The smallest absolute Gasteiger partial charge is 0.326 e. The quantitative estimate of drug-likeness (QED) is 0.782. The Labute approximate surface area is 125 Å². The SMILES string of the molecule is CCNC(C)(CCc1ccc2c(c1)OCO2)C(=O)OCC. The molecule has 1 atom stereocenters. The van der Waals surface area contributed by atoms with Gasteiger partial charge in [0, 0.05) is 0 Å². The van der Waals surface area contributed by atoms with Crippen molar-refractivity contribution in [2.45, 2.75) is 39.2 Å². The molecule has 0 spiro atoms. The number of esters is 1. The van der Waals surface area contributed by atoms with E-state index in [4.69, 9.17) is 14.2 Å². The predicted molar refractivity (Wildman–Crippen MR) is 79.6 cm³/mol. The first-order valence-corrected chi connectivity index (χ1v) is 7.40. The molecule has 0 aromatic heterocycles. The molecule has 116 valence electrons. The lowest BCUT2D eigenvalue weighted by Gasteiger charge is -2.28. The average Bonchev–Trinajstić information content (AvgIpc) is 2.93. The molecule has 2 rings (SSSR count). The Morgan fingerprint density at radius 3 is 2.81 bits per heavy atom. The molecule has 0 amide bonds. The normalized spacial score (nSPS) is 15.6. The monoisotopic (exact) mass is 293 g/mol. The number of aryl methyl sites for hydroxylation is 1. The Balaban J connectivity index is 2.02.